The molecule has 6 rings (SSSR count). The summed E-state index contributed by atoms with van der Waals surface area (Å²) in [5.41, 5.74) is 9.42. The molecule has 5 aromatic rings. The fourth-order valence-corrected chi connectivity index (χ4v) is 8.61. The Balaban J connectivity index is 0. The molecule has 4 aromatic carbocycles. The second-order valence-electron chi connectivity index (χ2n) is 18.4. The first-order valence-corrected chi connectivity index (χ1v) is 30.5. The Morgan fingerprint density at radius 2 is 1.18 bits per heavy atom. The van der Waals surface area contributed by atoms with Crippen molar-refractivity contribution in [2.24, 2.45) is 0 Å². The van der Waals surface area contributed by atoms with Gasteiger partial charge < -0.3 is 33.2 Å². The maximum Gasteiger partial charge on any atom is 0.269 e. The maximum atomic E-state index is 11.6. The molecule has 0 bridgehead atoms. The normalized spacial score (nSPS) is 11.2. The molecule has 19 nitrogen and oxygen atoms in total. The van der Waals surface area contributed by atoms with Crippen LogP contribution in [0.3, 0.4) is 0 Å². The third kappa shape index (κ3) is 34.5. The van der Waals surface area contributed by atoms with E-state index in [2.05, 4.69) is 47.2 Å². The van der Waals surface area contributed by atoms with Crippen LogP contribution in [0.1, 0.15) is 73.9 Å². The van der Waals surface area contributed by atoms with Gasteiger partial charge in [0, 0.05) is 104 Å². The number of thioether (sulfide) groups is 1. The first kappa shape index (κ1) is 78.1. The standard InChI is InChI=1S/C15H14N2O5.C12H14O.C10H14O3S.C8H11NO.C6H11NO.C4H10O3S.C4H10OS.CH4/c1-22-10-15(11-2-6-13(7-3-11)16(18)19)12-4-8-14(9-5-12)17(20)21;1-9-7-10-5-3-4-6-11(10)12(9)8-13-2;1-9-3-5-10(6-4-9)14(11,12)8-7-13-2;1-10-7-4-8-2-5-9-6-3-8;1-6(2,8-3)4-5-7;1-7-3-4-8(2,5)6;1-5-3-4-6-2;/h2-9,15H,10H2,1H3;3-6H,7-8H2,1-2H3;3-6H,7-8H2,1-2H3;2-3,5-6H,4,7H2,1H3;4H2,1-3H3;3-4H2,1-2H3;3-4H2,1-2H3;1H4. The van der Waals surface area contributed by atoms with Gasteiger partial charge in [-0.25, -0.2) is 16.8 Å². The van der Waals surface area contributed by atoms with Gasteiger partial charge in [-0.2, -0.15) is 17.0 Å². The van der Waals surface area contributed by atoms with Crippen molar-refractivity contribution in [3.05, 3.63) is 181 Å². The summed E-state index contributed by atoms with van der Waals surface area (Å²) in [6.45, 7) is 11.2. The van der Waals surface area contributed by atoms with E-state index in [0.717, 1.165) is 55.1 Å². The Bertz CT molecular complexity index is 2750. The summed E-state index contributed by atoms with van der Waals surface area (Å²) in [5, 5.41) is 29.6. The minimum Gasteiger partial charge on any atom is -0.384 e. The van der Waals surface area contributed by atoms with Gasteiger partial charge in [0.15, 0.2) is 9.84 Å². The van der Waals surface area contributed by atoms with Crippen LogP contribution in [0.5, 0.6) is 0 Å². The van der Waals surface area contributed by atoms with Gasteiger partial charge in [0.25, 0.3) is 11.4 Å². The monoisotopic (exact) mass is 1200 g/mol. The maximum absolute atomic E-state index is 11.6. The Morgan fingerprint density at radius 1 is 0.683 bits per heavy atom. The van der Waals surface area contributed by atoms with Crippen LogP contribution in [0.4, 0.5) is 11.4 Å². The molecule has 0 radical (unpaired) electrons. The van der Waals surface area contributed by atoms with Gasteiger partial charge in [-0.3, -0.25) is 25.2 Å². The highest BCUT2D eigenvalue weighted by Crippen LogP contribution is 2.32. The summed E-state index contributed by atoms with van der Waals surface area (Å²) in [7, 11) is 5.34. The Labute approximate surface area is 492 Å². The van der Waals surface area contributed by atoms with Gasteiger partial charge in [0.2, 0.25) is 0 Å². The molecular formula is C60H88N4O15S3. The lowest BCUT2D eigenvalue weighted by molar-refractivity contribution is -0.385. The number of rotatable bonds is 23. The van der Waals surface area contributed by atoms with Crippen molar-refractivity contribution in [1.29, 1.82) is 5.26 Å². The Kier molecular flexibility index (Phi) is 42.5. The number of methoxy groups -OCH3 is 7. The van der Waals surface area contributed by atoms with Crippen molar-refractivity contribution < 1.29 is 59.8 Å². The predicted molar refractivity (Wildman–Crippen MR) is 329 cm³/mol. The molecule has 0 aliphatic heterocycles. The summed E-state index contributed by atoms with van der Waals surface area (Å²) in [6.07, 6.45) is 9.36. The number of fused-ring (bicyclic) bond motifs is 1. The van der Waals surface area contributed by atoms with Crippen LogP contribution < -0.4 is 0 Å². The van der Waals surface area contributed by atoms with E-state index in [1.807, 2.05) is 39.0 Å². The first-order chi connectivity index (χ1) is 38.4. The molecule has 456 valence electrons. The van der Waals surface area contributed by atoms with Crippen LogP contribution in [0.15, 0.2) is 132 Å². The number of pyridine rings is 1. The van der Waals surface area contributed by atoms with Gasteiger partial charge >= 0.3 is 0 Å². The molecule has 1 aromatic heterocycles. The van der Waals surface area contributed by atoms with E-state index in [4.69, 9.17) is 33.7 Å². The minimum atomic E-state index is -3.16. The number of nitriles is 1. The summed E-state index contributed by atoms with van der Waals surface area (Å²) < 4.78 is 78.2. The van der Waals surface area contributed by atoms with Crippen LogP contribution in [-0.2, 0) is 65.7 Å². The zero-order chi connectivity index (χ0) is 61.3. The lowest BCUT2D eigenvalue weighted by Crippen LogP contribution is -2.20. The number of aryl methyl sites for hydroxylation is 1. The van der Waals surface area contributed by atoms with E-state index in [-0.39, 0.29) is 48.4 Å². The highest BCUT2D eigenvalue weighted by molar-refractivity contribution is 7.98. The predicted octanol–water partition coefficient (Wildman–Crippen LogP) is 11.3. The largest absolute Gasteiger partial charge is 0.384 e. The average molecular weight is 1200 g/mol. The molecule has 82 heavy (non-hydrogen) atoms. The van der Waals surface area contributed by atoms with Gasteiger partial charge in [0.1, 0.15) is 9.84 Å². The van der Waals surface area contributed by atoms with Gasteiger partial charge in [-0.15, -0.1) is 0 Å². The third-order valence-electron chi connectivity index (χ3n) is 11.4. The van der Waals surface area contributed by atoms with Crippen molar-refractivity contribution >= 4 is 48.4 Å². The van der Waals surface area contributed by atoms with E-state index >= 15 is 0 Å². The molecule has 0 saturated heterocycles. The topological polar surface area (TPSA) is 256 Å². The number of sulfone groups is 2. The van der Waals surface area contributed by atoms with Gasteiger partial charge in [0.05, 0.1) is 84.0 Å². The van der Waals surface area contributed by atoms with E-state index in [1.54, 1.807) is 108 Å². The van der Waals surface area contributed by atoms with Gasteiger partial charge in [-0.05, 0) is 104 Å². The number of non-ortho nitro benzene ring substituents is 2. The number of hydrogen-bond donors (Lipinski definition) is 0. The molecule has 0 saturated carbocycles. The zero-order valence-electron chi connectivity index (χ0n) is 49.2. The summed E-state index contributed by atoms with van der Waals surface area (Å²) in [6, 6.07) is 33.8. The number of nitro benzene ring substituents is 2. The lowest BCUT2D eigenvalue weighted by Gasteiger charge is -2.17. The molecule has 0 unspecified atom stereocenters. The fourth-order valence-electron chi connectivity index (χ4n) is 6.63. The quantitative estimate of drug-likeness (QED) is 0.0334. The van der Waals surface area contributed by atoms with Crippen molar-refractivity contribution in [3.63, 3.8) is 0 Å². The molecule has 1 heterocycles. The van der Waals surface area contributed by atoms with E-state index in [1.165, 1.54) is 72.6 Å². The molecule has 22 heteroatoms. The van der Waals surface area contributed by atoms with Crippen LogP contribution in [-0.4, -0.2) is 156 Å². The molecule has 0 fully saturated rings. The summed E-state index contributed by atoms with van der Waals surface area (Å²) in [4.78, 5) is 24.8. The molecule has 1 aliphatic rings. The fraction of sp³-hybridized carbons (Fsp3) is 0.467. The Hall–Kier alpha value is -5.97. The first-order valence-electron chi connectivity index (χ1n) is 25.4. The molecule has 1 aliphatic carbocycles. The van der Waals surface area contributed by atoms with E-state index in [0.29, 0.717) is 24.5 Å². The highest BCUT2D eigenvalue weighted by atomic mass is 32.2. The van der Waals surface area contributed by atoms with Crippen LogP contribution in [0.25, 0.3) is 5.57 Å². The molecular weight excluding hydrogens is 1110 g/mol. The SMILES string of the molecule is C.COC(C)(C)CC#N.COCC(c1ccc([N+](=O)[O-])cc1)c1ccc([N+](=O)[O-])cc1.COCC1=C(C)Cc2ccccc21.COCCS(=O)(=O)c1ccc(C)cc1.COCCS(C)(=O)=O.COCCSC.COCCc1ccncc1. The Morgan fingerprint density at radius 3 is 1.57 bits per heavy atom. The number of nitro groups is 2. The summed E-state index contributed by atoms with van der Waals surface area (Å²) >= 11 is 1.80. The van der Waals surface area contributed by atoms with Crippen molar-refractivity contribution in [2.45, 2.75) is 70.8 Å². The van der Waals surface area contributed by atoms with Crippen molar-refractivity contribution in [1.82, 2.24) is 4.98 Å². The third-order valence-corrected chi connectivity index (χ3v) is 14.6. The van der Waals surface area contributed by atoms with E-state index < -0.39 is 29.5 Å². The van der Waals surface area contributed by atoms with Crippen LogP contribution in [0.2, 0.25) is 0 Å². The molecule has 0 atom stereocenters. The minimum absolute atomic E-state index is 0. The number of ether oxygens (including phenoxy) is 7. The number of allylic oxidation sites excluding steroid dienone is 1. The smallest absolute Gasteiger partial charge is 0.269 e. The van der Waals surface area contributed by atoms with Crippen molar-refractivity contribution in [2.75, 3.05) is 119 Å². The number of aromatic nitrogens is 1. The second kappa shape index (κ2) is 44.6. The molecule has 0 N–H and O–H groups in total. The number of nitrogens with zero attached hydrogens (tertiary/aromatic N) is 4. The van der Waals surface area contributed by atoms with Gasteiger partial charge in [-0.1, -0.05) is 79.2 Å². The molecule has 0 amide bonds. The summed E-state index contributed by atoms with van der Waals surface area (Å²) in [5.74, 6) is 1.11. The second-order valence-corrected chi connectivity index (χ2v) is 23.7. The lowest BCUT2D eigenvalue weighted by atomic mass is 9.92. The van der Waals surface area contributed by atoms with Crippen LogP contribution in [0, 0.1) is 38.5 Å². The number of hydrogen-bond acceptors (Lipinski definition) is 18. The number of benzene rings is 4. The molecule has 0 spiro atoms. The highest BCUT2D eigenvalue weighted by Gasteiger charge is 2.19. The average Bonchev–Trinajstić information content (AvgIpc) is 3.98. The van der Waals surface area contributed by atoms with E-state index in [9.17, 15) is 37.1 Å². The zero-order valence-corrected chi connectivity index (χ0v) is 51.7. The van der Waals surface area contributed by atoms with Crippen LogP contribution >= 0.6 is 11.8 Å². The van der Waals surface area contributed by atoms with Crippen molar-refractivity contribution in [3.8, 4) is 6.07 Å².